The van der Waals surface area contributed by atoms with Crippen molar-refractivity contribution in [1.82, 2.24) is 13.5 Å². The van der Waals surface area contributed by atoms with Crippen molar-refractivity contribution >= 4 is 10.2 Å². The second-order valence-corrected chi connectivity index (χ2v) is 12.3. The molecule has 7 heteroatoms. The van der Waals surface area contributed by atoms with Gasteiger partial charge in [-0.25, -0.2) is 4.39 Å². The average Bonchev–Trinajstić information content (AvgIpc) is 2.66. The maximum absolute atomic E-state index is 14.2. The zero-order chi connectivity index (χ0) is 23.6. The van der Waals surface area contributed by atoms with E-state index >= 15 is 0 Å². The number of hydrogen-bond donors (Lipinski definition) is 0. The zero-order valence-corrected chi connectivity index (χ0v) is 21.3. The molecule has 0 radical (unpaired) electrons. The average molecular weight is 454 g/mol. The standard InChI is InChI=1S/C24H40FN3O2S/c1-19(2)17-22(27-13-15-28(16-14-27)31(29,30)26(7)8)18-23(3,4)20-9-11-21(12-10-20)24(5,6)25/h9-12,17,22H,13-16,18H2,1-8H3. The summed E-state index contributed by atoms with van der Waals surface area (Å²) in [4.78, 5) is 2.38. The highest BCUT2D eigenvalue weighted by Crippen LogP contribution is 2.33. The number of piperazine rings is 1. The van der Waals surface area contributed by atoms with Crippen LogP contribution in [0, 0.1) is 0 Å². The van der Waals surface area contributed by atoms with Crippen LogP contribution >= 0.6 is 0 Å². The summed E-state index contributed by atoms with van der Waals surface area (Å²) in [6.07, 6.45) is 3.19. The van der Waals surface area contributed by atoms with E-state index in [1.807, 2.05) is 24.3 Å². The molecule has 1 aromatic rings. The van der Waals surface area contributed by atoms with Crippen LogP contribution in [0.5, 0.6) is 0 Å². The summed E-state index contributed by atoms with van der Waals surface area (Å²) in [5, 5.41) is 0. The first-order valence-electron chi connectivity index (χ1n) is 11.0. The Morgan fingerprint density at radius 2 is 1.52 bits per heavy atom. The van der Waals surface area contributed by atoms with Crippen molar-refractivity contribution in [2.45, 2.75) is 65.1 Å². The summed E-state index contributed by atoms with van der Waals surface area (Å²) in [6, 6.07) is 8.06. The second-order valence-electron chi connectivity index (χ2n) is 10.2. The van der Waals surface area contributed by atoms with Gasteiger partial charge in [0.25, 0.3) is 10.2 Å². The smallest absolute Gasteiger partial charge is 0.281 e. The van der Waals surface area contributed by atoms with Crippen LogP contribution in [0.1, 0.15) is 59.1 Å². The summed E-state index contributed by atoms with van der Waals surface area (Å²) >= 11 is 0. The molecular weight excluding hydrogens is 413 g/mol. The Hall–Kier alpha value is -1.28. The highest BCUT2D eigenvalue weighted by atomic mass is 32.2. The molecule has 176 valence electrons. The normalized spacial score (nSPS) is 18.3. The van der Waals surface area contributed by atoms with Crippen molar-refractivity contribution < 1.29 is 12.8 Å². The zero-order valence-electron chi connectivity index (χ0n) is 20.4. The lowest BCUT2D eigenvalue weighted by Crippen LogP contribution is -2.54. The molecule has 1 heterocycles. The topological polar surface area (TPSA) is 43.9 Å². The Bertz CT molecular complexity index is 859. The van der Waals surface area contributed by atoms with Crippen LogP contribution in [-0.4, -0.2) is 68.2 Å². The Balaban J connectivity index is 2.17. The van der Waals surface area contributed by atoms with Gasteiger partial charge in [-0.05, 0) is 50.7 Å². The van der Waals surface area contributed by atoms with Crippen molar-refractivity contribution in [3.63, 3.8) is 0 Å². The number of benzene rings is 1. The molecule has 5 nitrogen and oxygen atoms in total. The minimum absolute atomic E-state index is 0.109. The van der Waals surface area contributed by atoms with Gasteiger partial charge >= 0.3 is 0 Å². The van der Waals surface area contributed by atoms with Gasteiger partial charge < -0.3 is 0 Å². The van der Waals surface area contributed by atoms with Crippen molar-refractivity contribution in [1.29, 1.82) is 0 Å². The molecule has 0 bridgehead atoms. The Morgan fingerprint density at radius 3 is 1.94 bits per heavy atom. The van der Waals surface area contributed by atoms with E-state index in [1.165, 1.54) is 15.4 Å². The predicted molar refractivity (Wildman–Crippen MR) is 127 cm³/mol. The third-order valence-corrected chi connectivity index (χ3v) is 8.07. The molecule has 1 atom stereocenters. The van der Waals surface area contributed by atoms with Crippen LogP contribution in [0.2, 0.25) is 0 Å². The fraction of sp³-hybridized carbons (Fsp3) is 0.667. The van der Waals surface area contributed by atoms with Gasteiger partial charge in [-0.1, -0.05) is 49.8 Å². The van der Waals surface area contributed by atoms with Crippen LogP contribution in [0.3, 0.4) is 0 Å². The largest absolute Gasteiger partial charge is 0.294 e. The third kappa shape index (κ3) is 6.60. The van der Waals surface area contributed by atoms with Crippen molar-refractivity contribution in [2.75, 3.05) is 40.3 Å². The summed E-state index contributed by atoms with van der Waals surface area (Å²) in [5.41, 5.74) is 1.66. The number of nitrogens with zero attached hydrogens (tertiary/aromatic N) is 3. The third-order valence-electron chi connectivity index (χ3n) is 6.13. The van der Waals surface area contributed by atoms with Crippen LogP contribution in [0.4, 0.5) is 4.39 Å². The Morgan fingerprint density at radius 1 is 1.03 bits per heavy atom. The lowest BCUT2D eigenvalue weighted by molar-refractivity contribution is 0.138. The fourth-order valence-electron chi connectivity index (χ4n) is 4.13. The number of hydrogen-bond acceptors (Lipinski definition) is 3. The maximum atomic E-state index is 14.2. The van der Waals surface area contributed by atoms with Gasteiger partial charge in [0.1, 0.15) is 5.67 Å². The lowest BCUT2D eigenvalue weighted by atomic mass is 9.77. The molecule has 31 heavy (non-hydrogen) atoms. The number of rotatable bonds is 8. The van der Waals surface area contributed by atoms with E-state index in [0.717, 1.165) is 6.42 Å². The summed E-state index contributed by atoms with van der Waals surface area (Å²) in [5.74, 6) is 0. The molecule has 0 spiro atoms. The van der Waals surface area contributed by atoms with Crippen molar-refractivity contribution in [2.24, 2.45) is 0 Å². The van der Waals surface area contributed by atoms with Gasteiger partial charge in [-0.15, -0.1) is 0 Å². The highest BCUT2D eigenvalue weighted by molar-refractivity contribution is 7.86. The van der Waals surface area contributed by atoms with Gasteiger partial charge in [0.15, 0.2) is 0 Å². The van der Waals surface area contributed by atoms with Gasteiger partial charge in [0.05, 0.1) is 0 Å². The highest BCUT2D eigenvalue weighted by Gasteiger charge is 2.33. The quantitative estimate of drug-likeness (QED) is 0.551. The molecule has 1 unspecified atom stereocenters. The first-order chi connectivity index (χ1) is 14.1. The summed E-state index contributed by atoms with van der Waals surface area (Å²) < 4.78 is 42.0. The van der Waals surface area contributed by atoms with Crippen LogP contribution in [0.15, 0.2) is 35.9 Å². The van der Waals surface area contributed by atoms with E-state index in [-0.39, 0.29) is 11.5 Å². The van der Waals surface area contributed by atoms with Crippen molar-refractivity contribution in [3.8, 4) is 0 Å². The Kier molecular flexibility index (Phi) is 8.12. The van der Waals surface area contributed by atoms with E-state index < -0.39 is 15.9 Å². The first-order valence-corrected chi connectivity index (χ1v) is 12.4. The minimum atomic E-state index is -3.37. The molecule has 0 saturated carbocycles. The van der Waals surface area contributed by atoms with E-state index in [4.69, 9.17) is 0 Å². The molecular formula is C24H40FN3O2S. The molecule has 1 aliphatic heterocycles. The molecule has 1 aromatic carbocycles. The molecule has 1 saturated heterocycles. The molecule has 0 aromatic heterocycles. The lowest BCUT2D eigenvalue weighted by Gasteiger charge is -2.41. The minimum Gasteiger partial charge on any atom is -0.294 e. The fourth-order valence-corrected chi connectivity index (χ4v) is 5.22. The SMILES string of the molecule is CC(C)=CC(CC(C)(C)c1ccc(C(C)(C)F)cc1)N1CCN(S(=O)(=O)N(C)C)CC1. The molecule has 1 aliphatic rings. The van der Waals surface area contributed by atoms with E-state index in [9.17, 15) is 12.8 Å². The van der Waals surface area contributed by atoms with Gasteiger partial charge in [0.2, 0.25) is 0 Å². The van der Waals surface area contributed by atoms with Crippen LogP contribution in [0.25, 0.3) is 0 Å². The van der Waals surface area contributed by atoms with Gasteiger partial charge in [-0.3, -0.25) is 4.90 Å². The second kappa shape index (κ2) is 9.69. The maximum Gasteiger partial charge on any atom is 0.281 e. The van der Waals surface area contributed by atoms with E-state index in [2.05, 4.69) is 38.7 Å². The van der Waals surface area contributed by atoms with Crippen LogP contribution in [-0.2, 0) is 21.3 Å². The molecule has 0 aliphatic carbocycles. The predicted octanol–water partition coefficient (Wildman–Crippen LogP) is 4.32. The Labute approximate surface area is 189 Å². The summed E-state index contributed by atoms with van der Waals surface area (Å²) in [6.45, 7) is 14.2. The van der Waals surface area contributed by atoms with E-state index in [1.54, 1.807) is 32.2 Å². The molecule has 0 N–H and O–H groups in total. The van der Waals surface area contributed by atoms with E-state index in [0.29, 0.717) is 31.7 Å². The first kappa shape index (κ1) is 26.0. The number of alkyl halides is 1. The molecule has 2 rings (SSSR count). The number of allylic oxidation sites excluding steroid dienone is 1. The van der Waals surface area contributed by atoms with Gasteiger partial charge in [-0.2, -0.15) is 17.0 Å². The monoisotopic (exact) mass is 453 g/mol. The molecule has 0 amide bonds. The number of halogens is 1. The van der Waals surface area contributed by atoms with Crippen molar-refractivity contribution in [3.05, 3.63) is 47.0 Å². The van der Waals surface area contributed by atoms with Crippen LogP contribution < -0.4 is 0 Å². The molecule has 1 fully saturated rings. The van der Waals surface area contributed by atoms with Gasteiger partial charge in [0, 0.05) is 46.3 Å². The summed E-state index contributed by atoms with van der Waals surface area (Å²) in [7, 11) is -0.223.